The lowest BCUT2D eigenvalue weighted by Gasteiger charge is -2.20. The summed E-state index contributed by atoms with van der Waals surface area (Å²) in [4.78, 5) is 10.2. The maximum atomic E-state index is 10.2. The van der Waals surface area contributed by atoms with Crippen molar-refractivity contribution in [1.29, 1.82) is 0 Å². The molecular formula is C7H14O2. The van der Waals surface area contributed by atoms with Gasteiger partial charge in [-0.2, -0.15) is 0 Å². The van der Waals surface area contributed by atoms with Crippen LogP contribution in [0.1, 0.15) is 27.7 Å². The van der Waals surface area contributed by atoms with Crippen LogP contribution in [0, 0.1) is 0 Å². The molecule has 2 nitrogen and oxygen atoms in total. The third kappa shape index (κ3) is 4.15. The molecule has 0 rings (SSSR count). The molecule has 0 fully saturated rings. The van der Waals surface area contributed by atoms with Gasteiger partial charge < -0.3 is 9.53 Å². The second kappa shape index (κ2) is 2.97. The van der Waals surface area contributed by atoms with E-state index in [1.54, 1.807) is 13.8 Å². The molecule has 0 N–H and O–H groups in total. The summed E-state index contributed by atoms with van der Waals surface area (Å²) >= 11 is 0. The molecule has 0 aliphatic rings. The van der Waals surface area contributed by atoms with E-state index >= 15 is 0 Å². The van der Waals surface area contributed by atoms with Crippen molar-refractivity contribution in [1.82, 2.24) is 0 Å². The van der Waals surface area contributed by atoms with Gasteiger partial charge in [0, 0.05) is 0 Å². The van der Waals surface area contributed by atoms with Gasteiger partial charge in [0.05, 0.1) is 6.10 Å². The number of aldehydes is 1. The van der Waals surface area contributed by atoms with Crippen LogP contribution in [0.4, 0.5) is 0 Å². The van der Waals surface area contributed by atoms with Crippen LogP contribution in [-0.4, -0.2) is 18.0 Å². The summed E-state index contributed by atoms with van der Waals surface area (Å²) in [5.41, 5.74) is -0.617. The van der Waals surface area contributed by atoms with E-state index in [0.717, 1.165) is 6.29 Å². The number of carbonyl (C=O) groups is 1. The SMILES string of the molecule is CC(C)OC(C)(C)C=O. The normalized spacial score (nSPS) is 12.1. The maximum Gasteiger partial charge on any atom is 0.151 e. The van der Waals surface area contributed by atoms with Crippen molar-refractivity contribution in [3.05, 3.63) is 0 Å². The highest BCUT2D eigenvalue weighted by Crippen LogP contribution is 2.07. The van der Waals surface area contributed by atoms with Crippen molar-refractivity contribution in [2.45, 2.75) is 39.4 Å². The van der Waals surface area contributed by atoms with Gasteiger partial charge in [0.1, 0.15) is 5.60 Å². The van der Waals surface area contributed by atoms with Crippen molar-refractivity contribution in [3.8, 4) is 0 Å². The highest BCUT2D eigenvalue weighted by molar-refractivity contribution is 5.60. The standard InChI is InChI=1S/C7H14O2/c1-6(2)9-7(3,4)5-8/h5-6H,1-4H3. The summed E-state index contributed by atoms with van der Waals surface area (Å²) in [6, 6.07) is 0. The number of carbonyl (C=O) groups excluding carboxylic acids is 1. The fourth-order valence-corrected chi connectivity index (χ4v) is 0.635. The zero-order valence-electron chi connectivity index (χ0n) is 6.47. The molecule has 0 bridgehead atoms. The number of hydrogen-bond donors (Lipinski definition) is 0. The highest BCUT2D eigenvalue weighted by Gasteiger charge is 2.17. The Balaban J connectivity index is 3.71. The molecule has 0 unspecified atom stereocenters. The van der Waals surface area contributed by atoms with E-state index in [1.807, 2.05) is 13.8 Å². The van der Waals surface area contributed by atoms with E-state index in [4.69, 9.17) is 4.74 Å². The molecule has 0 amide bonds. The third-order valence-corrected chi connectivity index (χ3v) is 0.823. The fourth-order valence-electron chi connectivity index (χ4n) is 0.635. The Kier molecular flexibility index (Phi) is 2.85. The first-order valence-electron chi connectivity index (χ1n) is 3.12. The van der Waals surface area contributed by atoms with E-state index in [-0.39, 0.29) is 6.10 Å². The summed E-state index contributed by atoms with van der Waals surface area (Å²) < 4.78 is 5.22. The predicted octanol–water partition coefficient (Wildman–Crippen LogP) is 1.39. The average molecular weight is 130 g/mol. The summed E-state index contributed by atoms with van der Waals surface area (Å²) in [6.45, 7) is 7.32. The van der Waals surface area contributed by atoms with Crippen LogP contribution in [0.15, 0.2) is 0 Å². The quantitative estimate of drug-likeness (QED) is 0.539. The lowest BCUT2D eigenvalue weighted by atomic mass is 10.2. The maximum absolute atomic E-state index is 10.2. The van der Waals surface area contributed by atoms with E-state index in [2.05, 4.69) is 0 Å². The third-order valence-electron chi connectivity index (χ3n) is 0.823. The molecule has 2 heteroatoms. The molecule has 0 radical (unpaired) electrons. The monoisotopic (exact) mass is 130 g/mol. The van der Waals surface area contributed by atoms with Gasteiger partial charge in [0.15, 0.2) is 6.29 Å². The van der Waals surface area contributed by atoms with Gasteiger partial charge in [0.25, 0.3) is 0 Å². The Hall–Kier alpha value is -0.370. The Labute approximate surface area is 56.2 Å². The minimum atomic E-state index is -0.617. The van der Waals surface area contributed by atoms with E-state index in [0.29, 0.717) is 0 Å². The van der Waals surface area contributed by atoms with Gasteiger partial charge in [-0.15, -0.1) is 0 Å². The second-order valence-corrected chi connectivity index (χ2v) is 2.89. The smallest absolute Gasteiger partial charge is 0.151 e. The number of ether oxygens (including phenoxy) is 1. The van der Waals surface area contributed by atoms with E-state index in [9.17, 15) is 4.79 Å². The van der Waals surface area contributed by atoms with Crippen LogP contribution in [0.25, 0.3) is 0 Å². The van der Waals surface area contributed by atoms with Crippen LogP contribution >= 0.6 is 0 Å². The number of hydrogen-bond acceptors (Lipinski definition) is 2. The topological polar surface area (TPSA) is 26.3 Å². The van der Waals surface area contributed by atoms with Crippen LogP contribution in [0.2, 0.25) is 0 Å². The summed E-state index contributed by atoms with van der Waals surface area (Å²) in [5.74, 6) is 0. The van der Waals surface area contributed by atoms with Crippen LogP contribution in [0.5, 0.6) is 0 Å². The zero-order chi connectivity index (χ0) is 7.49. The van der Waals surface area contributed by atoms with Crippen molar-refractivity contribution in [2.24, 2.45) is 0 Å². The van der Waals surface area contributed by atoms with Crippen LogP contribution in [0.3, 0.4) is 0 Å². The van der Waals surface area contributed by atoms with Gasteiger partial charge in [-0.3, -0.25) is 0 Å². The molecule has 0 spiro atoms. The molecule has 0 atom stereocenters. The van der Waals surface area contributed by atoms with E-state index < -0.39 is 5.60 Å². The van der Waals surface area contributed by atoms with Crippen molar-refractivity contribution >= 4 is 6.29 Å². The molecule has 0 aromatic rings. The van der Waals surface area contributed by atoms with Gasteiger partial charge in [-0.25, -0.2) is 0 Å². The Morgan fingerprint density at radius 1 is 1.44 bits per heavy atom. The minimum absolute atomic E-state index is 0.116. The first-order valence-corrected chi connectivity index (χ1v) is 3.12. The molecule has 0 aliphatic carbocycles. The molecular weight excluding hydrogens is 116 g/mol. The summed E-state index contributed by atoms with van der Waals surface area (Å²) in [6.07, 6.45) is 0.928. The molecule has 54 valence electrons. The first kappa shape index (κ1) is 8.63. The zero-order valence-corrected chi connectivity index (χ0v) is 6.47. The largest absolute Gasteiger partial charge is 0.365 e. The molecule has 0 aromatic carbocycles. The molecule has 0 saturated carbocycles. The van der Waals surface area contributed by atoms with Gasteiger partial charge >= 0.3 is 0 Å². The highest BCUT2D eigenvalue weighted by atomic mass is 16.5. The second-order valence-electron chi connectivity index (χ2n) is 2.89. The lowest BCUT2D eigenvalue weighted by molar-refractivity contribution is -0.131. The lowest BCUT2D eigenvalue weighted by Crippen LogP contribution is -2.29. The Bertz CT molecular complexity index is 95.1. The molecule has 0 aliphatic heterocycles. The van der Waals surface area contributed by atoms with Gasteiger partial charge in [-0.05, 0) is 27.7 Å². The summed E-state index contributed by atoms with van der Waals surface area (Å²) in [5, 5.41) is 0. The molecule has 0 saturated heterocycles. The number of rotatable bonds is 3. The van der Waals surface area contributed by atoms with Crippen LogP contribution in [-0.2, 0) is 9.53 Å². The average Bonchev–Trinajstić information content (AvgIpc) is 1.63. The minimum Gasteiger partial charge on any atom is -0.365 e. The first-order chi connectivity index (χ1) is 3.98. The van der Waals surface area contributed by atoms with Gasteiger partial charge in [0.2, 0.25) is 0 Å². The Morgan fingerprint density at radius 3 is 2.00 bits per heavy atom. The van der Waals surface area contributed by atoms with Crippen molar-refractivity contribution in [3.63, 3.8) is 0 Å². The van der Waals surface area contributed by atoms with Crippen molar-refractivity contribution in [2.75, 3.05) is 0 Å². The van der Waals surface area contributed by atoms with Crippen LogP contribution < -0.4 is 0 Å². The Morgan fingerprint density at radius 2 is 1.89 bits per heavy atom. The van der Waals surface area contributed by atoms with Crippen molar-refractivity contribution < 1.29 is 9.53 Å². The summed E-state index contributed by atoms with van der Waals surface area (Å²) in [7, 11) is 0. The molecule has 0 aromatic heterocycles. The predicted molar refractivity (Wildman–Crippen MR) is 36.4 cm³/mol. The fraction of sp³-hybridized carbons (Fsp3) is 0.857. The molecule has 9 heavy (non-hydrogen) atoms. The van der Waals surface area contributed by atoms with E-state index in [1.165, 1.54) is 0 Å². The van der Waals surface area contributed by atoms with Gasteiger partial charge in [-0.1, -0.05) is 0 Å². The molecule has 0 heterocycles.